The molecule has 4 heteroatoms. The molecule has 0 heterocycles. The summed E-state index contributed by atoms with van der Waals surface area (Å²) in [6, 6.07) is 0. The monoisotopic (exact) mass is 174 g/mol. The van der Waals surface area contributed by atoms with Crippen molar-refractivity contribution in [3.63, 3.8) is 0 Å². The largest absolute Gasteiger partial charge is 0.298 e. The van der Waals surface area contributed by atoms with Gasteiger partial charge in [-0.15, -0.1) is 0 Å². The first-order valence-corrected chi connectivity index (χ1v) is 4.80. The van der Waals surface area contributed by atoms with Crippen LogP contribution < -0.4 is 5.14 Å². The molecule has 1 unspecified atom stereocenters. The molecule has 0 aliphatic rings. The molecule has 0 aromatic heterocycles. The van der Waals surface area contributed by atoms with Crippen LogP contribution >= 0.6 is 0 Å². The van der Waals surface area contributed by atoms with Crippen LogP contribution in [-0.2, 0) is 9.89 Å². The van der Waals surface area contributed by atoms with Gasteiger partial charge in [-0.3, -0.25) is 4.31 Å². The van der Waals surface area contributed by atoms with Crippen molar-refractivity contribution in [3.8, 4) is 0 Å². The predicted molar refractivity (Wildman–Crippen MR) is 51.2 cm³/mol. The fourth-order valence-corrected chi connectivity index (χ4v) is 0.602. The minimum atomic E-state index is -2.59. The summed E-state index contributed by atoms with van der Waals surface area (Å²) in [6.07, 6.45) is 3.31. The molecule has 0 bridgehead atoms. The highest BCUT2D eigenvalue weighted by Crippen LogP contribution is 1.94. The fourth-order valence-electron chi connectivity index (χ4n) is 0.335. The lowest BCUT2D eigenvalue weighted by atomic mass is 10.3. The van der Waals surface area contributed by atoms with Crippen LogP contribution in [0.4, 0.5) is 0 Å². The molecule has 11 heavy (non-hydrogen) atoms. The first-order chi connectivity index (χ1) is 4.84. The molecule has 0 spiro atoms. The maximum Gasteiger partial charge on any atom is 0.106 e. The van der Waals surface area contributed by atoms with Gasteiger partial charge in [-0.25, -0.2) is 9.35 Å². The average Bonchev–Trinajstić information content (AvgIpc) is 1.80. The first kappa shape index (κ1) is 10.3. The Morgan fingerprint density at radius 1 is 1.73 bits per heavy atom. The second kappa shape index (κ2) is 3.59. The standard InChI is InChI=1S/C7H14N2OS/c1-7(2)5-6-9(3)11(4,8)10/h5-6H,1,4H2,2-3H3,(H2,8,10)/b6-5-. The van der Waals surface area contributed by atoms with E-state index < -0.39 is 9.89 Å². The number of nitrogens with two attached hydrogens (primary N) is 1. The highest BCUT2D eigenvalue weighted by molar-refractivity contribution is 7.96. The summed E-state index contributed by atoms with van der Waals surface area (Å²) in [4.78, 5) is 0. The second-order valence-corrected chi connectivity index (χ2v) is 4.35. The summed E-state index contributed by atoms with van der Waals surface area (Å²) in [5.74, 6) is 3.30. The molecular weight excluding hydrogens is 160 g/mol. The van der Waals surface area contributed by atoms with Crippen LogP contribution in [0.3, 0.4) is 0 Å². The first-order valence-electron chi connectivity index (χ1n) is 3.05. The van der Waals surface area contributed by atoms with Crippen LogP contribution in [-0.4, -0.2) is 21.4 Å². The highest BCUT2D eigenvalue weighted by Gasteiger charge is 1.96. The number of hydrogen-bond donors (Lipinski definition) is 1. The quantitative estimate of drug-likeness (QED) is 0.492. The van der Waals surface area contributed by atoms with Crippen molar-refractivity contribution in [2.45, 2.75) is 6.92 Å². The normalized spacial score (nSPS) is 16.3. The van der Waals surface area contributed by atoms with E-state index in [1.807, 2.05) is 6.92 Å². The Morgan fingerprint density at radius 3 is 2.45 bits per heavy atom. The van der Waals surface area contributed by atoms with Crippen molar-refractivity contribution in [2.24, 2.45) is 5.14 Å². The van der Waals surface area contributed by atoms with Gasteiger partial charge in [0.25, 0.3) is 0 Å². The third-order valence-corrected chi connectivity index (χ3v) is 2.15. The Kier molecular flexibility index (Phi) is 3.35. The molecule has 2 N–H and O–H groups in total. The zero-order valence-corrected chi connectivity index (χ0v) is 7.73. The van der Waals surface area contributed by atoms with Crippen LogP contribution in [0, 0.1) is 0 Å². The zero-order chi connectivity index (χ0) is 9.07. The van der Waals surface area contributed by atoms with Gasteiger partial charge in [0.2, 0.25) is 0 Å². The van der Waals surface area contributed by atoms with Crippen LogP contribution in [0.1, 0.15) is 6.92 Å². The van der Waals surface area contributed by atoms with E-state index in [0.29, 0.717) is 0 Å². The van der Waals surface area contributed by atoms with Gasteiger partial charge in [0, 0.05) is 13.2 Å². The molecule has 0 radical (unpaired) electrons. The number of hydrogen-bond acceptors (Lipinski definition) is 1. The third-order valence-electron chi connectivity index (χ3n) is 1.06. The molecule has 0 saturated heterocycles. The Balaban J connectivity index is 4.32. The maximum atomic E-state index is 11.0. The van der Waals surface area contributed by atoms with Crippen molar-refractivity contribution in [1.82, 2.24) is 4.31 Å². The van der Waals surface area contributed by atoms with Crippen LogP contribution in [0.2, 0.25) is 0 Å². The Hall–Kier alpha value is -0.740. The van der Waals surface area contributed by atoms with Crippen molar-refractivity contribution < 1.29 is 4.21 Å². The summed E-state index contributed by atoms with van der Waals surface area (Å²) < 4.78 is 12.4. The van der Waals surface area contributed by atoms with Gasteiger partial charge < -0.3 is 0 Å². The van der Waals surface area contributed by atoms with Gasteiger partial charge in [0.1, 0.15) is 9.89 Å². The fraction of sp³-hybridized carbons (Fsp3) is 0.286. The Morgan fingerprint density at radius 2 is 2.18 bits per heavy atom. The van der Waals surface area contributed by atoms with E-state index in [9.17, 15) is 4.21 Å². The summed E-state index contributed by atoms with van der Waals surface area (Å²) >= 11 is 0. The van der Waals surface area contributed by atoms with Crippen LogP contribution in [0.25, 0.3) is 0 Å². The Labute approximate surface area is 68.5 Å². The molecule has 0 aromatic carbocycles. The number of rotatable bonds is 3. The highest BCUT2D eigenvalue weighted by atomic mass is 32.2. The van der Waals surface area contributed by atoms with Crippen LogP contribution in [0.15, 0.2) is 24.4 Å². The molecule has 64 valence electrons. The zero-order valence-electron chi connectivity index (χ0n) is 6.91. The van der Waals surface area contributed by atoms with Crippen molar-refractivity contribution in [3.05, 3.63) is 24.4 Å². The van der Waals surface area contributed by atoms with E-state index in [-0.39, 0.29) is 0 Å². The summed E-state index contributed by atoms with van der Waals surface area (Å²) in [5.41, 5.74) is 0.875. The third kappa shape index (κ3) is 4.64. The van der Waals surface area contributed by atoms with E-state index in [4.69, 9.17) is 5.14 Å². The molecule has 0 aliphatic heterocycles. The van der Waals surface area contributed by atoms with E-state index in [0.717, 1.165) is 5.57 Å². The second-order valence-electron chi connectivity index (χ2n) is 2.40. The summed E-state index contributed by atoms with van der Waals surface area (Å²) in [5, 5.41) is 5.23. The topological polar surface area (TPSA) is 46.3 Å². The molecular formula is C7H14N2OS. The van der Waals surface area contributed by atoms with Crippen molar-refractivity contribution in [1.29, 1.82) is 0 Å². The lowest BCUT2D eigenvalue weighted by Gasteiger charge is -2.14. The van der Waals surface area contributed by atoms with Gasteiger partial charge in [0.05, 0.1) is 0 Å². The average molecular weight is 174 g/mol. The number of allylic oxidation sites excluding steroid dienone is 2. The molecule has 0 fully saturated rings. The molecule has 0 saturated carbocycles. The minimum Gasteiger partial charge on any atom is -0.298 e. The Bertz CT molecular complexity index is 264. The van der Waals surface area contributed by atoms with Crippen molar-refractivity contribution >= 4 is 15.8 Å². The van der Waals surface area contributed by atoms with Gasteiger partial charge in [-0.05, 0) is 18.9 Å². The van der Waals surface area contributed by atoms with E-state index in [1.165, 1.54) is 4.31 Å². The molecule has 0 aromatic rings. The molecule has 0 aliphatic carbocycles. The minimum absolute atomic E-state index is 0.875. The predicted octanol–water partition coefficient (Wildman–Crippen LogP) is 0.513. The van der Waals surface area contributed by atoms with Gasteiger partial charge in [-0.1, -0.05) is 12.2 Å². The van der Waals surface area contributed by atoms with E-state index >= 15 is 0 Å². The SMILES string of the molecule is C=C(C)/C=C\N(C)S(=C)(N)=O. The van der Waals surface area contributed by atoms with Crippen LogP contribution in [0.5, 0.6) is 0 Å². The summed E-state index contributed by atoms with van der Waals surface area (Å²) in [7, 11) is -0.987. The van der Waals surface area contributed by atoms with E-state index in [1.54, 1.807) is 19.3 Å². The number of nitrogens with zero attached hydrogens (tertiary/aromatic N) is 1. The molecule has 0 amide bonds. The molecule has 3 nitrogen and oxygen atoms in total. The lowest BCUT2D eigenvalue weighted by Crippen LogP contribution is -2.28. The smallest absolute Gasteiger partial charge is 0.106 e. The lowest BCUT2D eigenvalue weighted by molar-refractivity contribution is 0.627. The van der Waals surface area contributed by atoms with Gasteiger partial charge in [0.15, 0.2) is 0 Å². The summed E-state index contributed by atoms with van der Waals surface area (Å²) in [6.45, 7) is 5.48. The maximum absolute atomic E-state index is 11.0. The van der Waals surface area contributed by atoms with E-state index in [2.05, 4.69) is 12.4 Å². The molecule has 1 atom stereocenters. The van der Waals surface area contributed by atoms with Gasteiger partial charge in [-0.2, -0.15) is 0 Å². The van der Waals surface area contributed by atoms with Gasteiger partial charge >= 0.3 is 0 Å². The van der Waals surface area contributed by atoms with Crippen molar-refractivity contribution in [2.75, 3.05) is 7.05 Å². The molecule has 0 rings (SSSR count).